The summed E-state index contributed by atoms with van der Waals surface area (Å²) in [6, 6.07) is 8.18. The highest BCUT2D eigenvalue weighted by Gasteiger charge is 2.33. The molecule has 0 saturated carbocycles. The van der Waals surface area contributed by atoms with Crippen LogP contribution in [0.15, 0.2) is 36.5 Å². The second-order valence-electron chi connectivity index (χ2n) is 5.08. The Hall–Kier alpha value is -3.01. The first-order valence-corrected chi connectivity index (χ1v) is 6.84. The molecular weight excluding hydrogens is 304 g/mol. The molecule has 0 bridgehead atoms. The molecule has 0 unspecified atom stereocenters. The Balaban J connectivity index is 1.56. The molecule has 0 spiro atoms. The van der Waals surface area contributed by atoms with Crippen LogP contribution in [0.3, 0.4) is 0 Å². The Morgan fingerprint density at radius 2 is 2.04 bits per heavy atom. The van der Waals surface area contributed by atoms with E-state index in [1.165, 1.54) is 17.2 Å². The molecule has 0 N–H and O–H groups in total. The maximum Gasteiger partial charge on any atom is 0.254 e. The standard InChI is InChI=1S/C16H11F2N3O2/c17-13-3-2-11(5-14(13)18)16(22)21-8-12(9-21)23-15-4-1-10(6-19)7-20-15/h1-5,7,12H,8-9H2. The van der Waals surface area contributed by atoms with Gasteiger partial charge in [-0.05, 0) is 24.3 Å². The molecule has 116 valence electrons. The van der Waals surface area contributed by atoms with Gasteiger partial charge in [0.2, 0.25) is 5.88 Å². The molecule has 2 heterocycles. The third-order valence-corrected chi connectivity index (χ3v) is 3.45. The van der Waals surface area contributed by atoms with E-state index < -0.39 is 11.6 Å². The van der Waals surface area contributed by atoms with Crippen LogP contribution in [0.5, 0.6) is 5.88 Å². The Morgan fingerprint density at radius 1 is 1.26 bits per heavy atom. The highest BCUT2D eigenvalue weighted by molar-refractivity contribution is 5.94. The maximum atomic E-state index is 13.1. The first-order chi connectivity index (χ1) is 11.1. The van der Waals surface area contributed by atoms with Crippen molar-refractivity contribution < 1.29 is 18.3 Å². The summed E-state index contributed by atoms with van der Waals surface area (Å²) >= 11 is 0. The molecular formula is C16H11F2N3O2. The Bertz CT molecular complexity index is 781. The van der Waals surface area contributed by atoms with Crippen molar-refractivity contribution in [1.82, 2.24) is 9.88 Å². The molecule has 1 saturated heterocycles. The number of likely N-dealkylation sites (tertiary alicyclic amines) is 1. The number of carbonyl (C=O) groups is 1. The molecule has 23 heavy (non-hydrogen) atoms. The number of hydrogen-bond donors (Lipinski definition) is 0. The summed E-state index contributed by atoms with van der Waals surface area (Å²) in [4.78, 5) is 17.6. The molecule has 1 amide bonds. The van der Waals surface area contributed by atoms with E-state index in [-0.39, 0.29) is 17.6 Å². The van der Waals surface area contributed by atoms with Crippen molar-refractivity contribution in [2.24, 2.45) is 0 Å². The Kier molecular flexibility index (Phi) is 3.89. The SMILES string of the molecule is N#Cc1ccc(OC2CN(C(=O)c3ccc(F)c(F)c3)C2)nc1. The number of rotatable bonds is 3. The lowest BCUT2D eigenvalue weighted by atomic mass is 10.1. The average Bonchev–Trinajstić information content (AvgIpc) is 2.53. The van der Waals surface area contributed by atoms with Gasteiger partial charge in [-0.1, -0.05) is 0 Å². The summed E-state index contributed by atoms with van der Waals surface area (Å²) in [5.41, 5.74) is 0.528. The van der Waals surface area contributed by atoms with Crippen LogP contribution in [0.4, 0.5) is 8.78 Å². The molecule has 1 aromatic heterocycles. The fourth-order valence-corrected chi connectivity index (χ4v) is 2.18. The second-order valence-corrected chi connectivity index (χ2v) is 5.08. The molecule has 0 radical (unpaired) electrons. The van der Waals surface area contributed by atoms with Gasteiger partial charge in [-0.2, -0.15) is 5.26 Å². The van der Waals surface area contributed by atoms with Crippen molar-refractivity contribution in [2.75, 3.05) is 13.1 Å². The molecule has 1 aromatic carbocycles. The molecule has 1 fully saturated rings. The molecule has 1 aliphatic heterocycles. The fourth-order valence-electron chi connectivity index (χ4n) is 2.18. The predicted octanol–water partition coefficient (Wildman–Crippen LogP) is 2.13. The van der Waals surface area contributed by atoms with Crippen LogP contribution in [-0.4, -0.2) is 35.0 Å². The van der Waals surface area contributed by atoms with E-state index in [1.807, 2.05) is 6.07 Å². The van der Waals surface area contributed by atoms with Gasteiger partial charge in [-0.15, -0.1) is 0 Å². The van der Waals surface area contributed by atoms with E-state index in [2.05, 4.69) is 4.98 Å². The number of hydrogen-bond acceptors (Lipinski definition) is 4. The van der Waals surface area contributed by atoms with Gasteiger partial charge in [0.25, 0.3) is 5.91 Å². The number of pyridine rings is 1. The molecule has 0 atom stereocenters. The zero-order chi connectivity index (χ0) is 16.4. The molecule has 2 aromatic rings. The minimum atomic E-state index is -1.05. The summed E-state index contributed by atoms with van der Waals surface area (Å²) in [6.45, 7) is 0.666. The Morgan fingerprint density at radius 3 is 2.65 bits per heavy atom. The number of aromatic nitrogens is 1. The van der Waals surface area contributed by atoms with E-state index in [0.717, 1.165) is 12.1 Å². The first kappa shape index (κ1) is 14.9. The van der Waals surface area contributed by atoms with Crippen LogP contribution < -0.4 is 4.74 Å². The van der Waals surface area contributed by atoms with Gasteiger partial charge in [-0.25, -0.2) is 13.8 Å². The number of benzene rings is 1. The summed E-state index contributed by atoms with van der Waals surface area (Å²) in [7, 11) is 0. The van der Waals surface area contributed by atoms with Gasteiger partial charge in [0.1, 0.15) is 12.2 Å². The monoisotopic (exact) mass is 315 g/mol. The number of carbonyl (C=O) groups excluding carboxylic acids is 1. The van der Waals surface area contributed by atoms with Gasteiger partial charge in [0.05, 0.1) is 18.7 Å². The number of nitrogens with zero attached hydrogens (tertiary/aromatic N) is 3. The number of ether oxygens (including phenoxy) is 1. The molecule has 0 aliphatic carbocycles. The van der Waals surface area contributed by atoms with E-state index in [0.29, 0.717) is 24.5 Å². The van der Waals surface area contributed by atoms with Crippen LogP contribution in [0.1, 0.15) is 15.9 Å². The Labute approximate surface area is 130 Å². The fraction of sp³-hybridized carbons (Fsp3) is 0.188. The second kappa shape index (κ2) is 6.01. The van der Waals surface area contributed by atoms with E-state index in [9.17, 15) is 13.6 Å². The highest BCUT2D eigenvalue weighted by Crippen LogP contribution is 2.19. The molecule has 7 heteroatoms. The topological polar surface area (TPSA) is 66.2 Å². The number of amides is 1. The quantitative estimate of drug-likeness (QED) is 0.870. The van der Waals surface area contributed by atoms with E-state index in [1.54, 1.807) is 12.1 Å². The summed E-state index contributed by atoms with van der Waals surface area (Å²) in [5.74, 6) is -2.05. The predicted molar refractivity (Wildman–Crippen MR) is 75.6 cm³/mol. The smallest absolute Gasteiger partial charge is 0.254 e. The zero-order valence-corrected chi connectivity index (χ0v) is 11.9. The van der Waals surface area contributed by atoms with Crippen molar-refractivity contribution >= 4 is 5.91 Å². The third kappa shape index (κ3) is 3.11. The summed E-state index contributed by atoms with van der Waals surface area (Å²) in [5, 5.41) is 8.68. The van der Waals surface area contributed by atoms with Crippen LogP contribution >= 0.6 is 0 Å². The lowest BCUT2D eigenvalue weighted by Gasteiger charge is -2.38. The minimum Gasteiger partial charge on any atom is -0.471 e. The average molecular weight is 315 g/mol. The first-order valence-electron chi connectivity index (χ1n) is 6.84. The normalized spacial score (nSPS) is 14.0. The minimum absolute atomic E-state index is 0.0962. The van der Waals surface area contributed by atoms with Crippen molar-refractivity contribution in [1.29, 1.82) is 5.26 Å². The largest absolute Gasteiger partial charge is 0.471 e. The molecule has 1 aliphatic rings. The van der Waals surface area contributed by atoms with E-state index in [4.69, 9.17) is 10.00 Å². The van der Waals surface area contributed by atoms with Crippen LogP contribution in [0.25, 0.3) is 0 Å². The van der Waals surface area contributed by atoms with Gasteiger partial charge in [0.15, 0.2) is 11.6 Å². The van der Waals surface area contributed by atoms with Gasteiger partial charge in [0, 0.05) is 17.8 Å². The van der Waals surface area contributed by atoms with Gasteiger partial charge in [-0.3, -0.25) is 4.79 Å². The maximum absolute atomic E-state index is 13.1. The van der Waals surface area contributed by atoms with Crippen LogP contribution in [0.2, 0.25) is 0 Å². The summed E-state index contributed by atoms with van der Waals surface area (Å²) < 4.78 is 31.6. The highest BCUT2D eigenvalue weighted by atomic mass is 19.2. The molecule has 5 nitrogen and oxygen atoms in total. The van der Waals surface area contributed by atoms with Gasteiger partial charge < -0.3 is 9.64 Å². The van der Waals surface area contributed by atoms with Crippen molar-refractivity contribution in [3.05, 3.63) is 59.3 Å². The summed E-state index contributed by atoms with van der Waals surface area (Å²) in [6.07, 6.45) is 1.18. The molecule has 3 rings (SSSR count). The zero-order valence-electron chi connectivity index (χ0n) is 11.9. The van der Waals surface area contributed by atoms with Crippen molar-refractivity contribution in [2.45, 2.75) is 6.10 Å². The lowest BCUT2D eigenvalue weighted by molar-refractivity contribution is 0.0160. The van der Waals surface area contributed by atoms with Crippen molar-refractivity contribution in [3.8, 4) is 11.9 Å². The third-order valence-electron chi connectivity index (χ3n) is 3.45. The number of nitriles is 1. The number of halogens is 2. The van der Waals surface area contributed by atoms with Crippen molar-refractivity contribution in [3.63, 3.8) is 0 Å². The van der Waals surface area contributed by atoms with E-state index >= 15 is 0 Å². The lowest BCUT2D eigenvalue weighted by Crippen LogP contribution is -2.56. The van der Waals surface area contributed by atoms with Crippen LogP contribution in [0, 0.1) is 23.0 Å². The van der Waals surface area contributed by atoms with Gasteiger partial charge >= 0.3 is 0 Å². The van der Waals surface area contributed by atoms with Crippen LogP contribution in [-0.2, 0) is 0 Å².